The monoisotopic (exact) mass is 1710 g/mol. The molecular weight excluding hydrogens is 1630 g/mol. The van der Waals surface area contributed by atoms with Crippen LogP contribution in [0.5, 0.6) is 69.0 Å². The molecule has 2 unspecified atom stereocenters. The maximum Gasteiger partial charge on any atom is 0.266 e. The quantitative estimate of drug-likeness (QED) is 0.0350. The van der Waals surface area contributed by atoms with Crippen molar-refractivity contribution in [3.05, 3.63) is 326 Å². The van der Waals surface area contributed by atoms with Crippen molar-refractivity contribution in [2.24, 2.45) is 0 Å². The summed E-state index contributed by atoms with van der Waals surface area (Å²) in [7, 11) is 0. The molecule has 632 valence electrons. The number of carbonyl (C=O) groups is 3. The van der Waals surface area contributed by atoms with Crippen LogP contribution >= 0.6 is 0 Å². The summed E-state index contributed by atoms with van der Waals surface area (Å²) >= 11 is 0. The van der Waals surface area contributed by atoms with E-state index in [1.807, 2.05) is 41.3 Å². The van der Waals surface area contributed by atoms with E-state index >= 15 is 14.4 Å². The first-order valence-electron chi connectivity index (χ1n) is 45.1. The number of aromatic hydroxyl groups is 4. The predicted octanol–water partition coefficient (Wildman–Crippen LogP) is 29.2. The van der Waals surface area contributed by atoms with Gasteiger partial charge in [0.05, 0.1) is 28.1 Å². The third-order valence-corrected chi connectivity index (χ3v) is 28.6. The molecule has 0 spiro atoms. The summed E-state index contributed by atoms with van der Waals surface area (Å²) < 4.78 is 35.4. The molecule has 4 N–H and O–H groups in total. The largest absolute Gasteiger partial charge is 0.508 e. The highest BCUT2D eigenvalue weighted by Gasteiger charge is 2.54. The van der Waals surface area contributed by atoms with Crippen LogP contribution in [0.25, 0.3) is 161 Å². The van der Waals surface area contributed by atoms with Crippen molar-refractivity contribution in [1.29, 1.82) is 0 Å². The Morgan fingerprint density at radius 2 is 0.695 bits per heavy atom. The van der Waals surface area contributed by atoms with E-state index in [1.165, 1.54) is 16.0 Å². The Hall–Kier alpha value is -15.8. The van der Waals surface area contributed by atoms with Gasteiger partial charge in [0.2, 0.25) is 0 Å². The van der Waals surface area contributed by atoms with Crippen LogP contribution in [0, 0.1) is 0 Å². The molecule has 131 heavy (non-hydrogen) atoms. The average molecular weight is 1710 g/mol. The molecule has 0 bridgehead atoms. The number of phenolic OH excluding ortho intramolecular Hbond substituents is 4. The maximum absolute atomic E-state index is 16.4. The lowest BCUT2D eigenvalue weighted by Crippen LogP contribution is -2.42. The molecule has 19 aromatic rings. The molecule has 0 aromatic heterocycles. The first-order valence-corrected chi connectivity index (χ1v) is 45.1. The normalized spacial score (nSPS) is 15.9. The van der Waals surface area contributed by atoms with Crippen LogP contribution in [-0.2, 0) is 4.74 Å². The van der Waals surface area contributed by atoms with Crippen LogP contribution in [0.1, 0.15) is 190 Å². The number of fused-ring (bicyclic) bond motifs is 16. The summed E-state index contributed by atoms with van der Waals surface area (Å²) in [6, 6.07) is 78.7. The lowest BCUT2D eigenvalue weighted by atomic mass is 9.79. The summed E-state index contributed by atoms with van der Waals surface area (Å²) in [5.74, 6) is 3.02. The molecule has 26 rings (SSSR count). The van der Waals surface area contributed by atoms with Gasteiger partial charge < -0.3 is 44.1 Å². The van der Waals surface area contributed by atoms with Crippen molar-refractivity contribution < 1.29 is 58.5 Å². The summed E-state index contributed by atoms with van der Waals surface area (Å²) in [5.41, 5.74) is 20.6. The summed E-state index contributed by atoms with van der Waals surface area (Å²) in [5, 5.41) is 59.5. The number of phenols is 4. The van der Waals surface area contributed by atoms with Crippen molar-refractivity contribution in [1.82, 2.24) is 0 Å². The molecule has 14 nitrogen and oxygen atoms in total. The Morgan fingerprint density at radius 3 is 1.14 bits per heavy atom. The van der Waals surface area contributed by atoms with Crippen LogP contribution in [0.4, 0.5) is 11.4 Å². The number of hydrogen-bond acceptors (Lipinski definition) is 12. The number of epoxide rings is 1. The molecular formula is C117H82N2O12. The van der Waals surface area contributed by atoms with Gasteiger partial charge in [-0.05, 0) is 354 Å². The van der Waals surface area contributed by atoms with E-state index in [1.54, 1.807) is 97.1 Å². The van der Waals surface area contributed by atoms with E-state index in [-0.39, 0.29) is 58.5 Å². The fourth-order valence-corrected chi connectivity index (χ4v) is 22.7. The first kappa shape index (κ1) is 76.5. The van der Waals surface area contributed by atoms with Crippen LogP contribution in [-0.4, -0.2) is 44.4 Å². The molecule has 3 atom stereocenters. The Labute approximate surface area is 751 Å². The second-order valence-corrected chi connectivity index (χ2v) is 37.5. The predicted molar refractivity (Wildman–Crippen MR) is 523 cm³/mol. The van der Waals surface area contributed by atoms with E-state index in [9.17, 15) is 20.4 Å². The number of anilines is 2. The minimum absolute atomic E-state index is 0.0355. The molecule has 19 aromatic carbocycles. The van der Waals surface area contributed by atoms with Gasteiger partial charge in [-0.15, -0.1) is 0 Å². The Bertz CT molecular complexity index is 8500. The molecule has 3 heterocycles. The number of hydrogen-bond donors (Lipinski definition) is 4. The maximum atomic E-state index is 16.4. The fourth-order valence-electron chi connectivity index (χ4n) is 22.7. The molecule has 14 heteroatoms. The topological polar surface area (TPSA) is 188 Å². The second-order valence-electron chi connectivity index (χ2n) is 37.5. The molecule has 3 aliphatic heterocycles. The van der Waals surface area contributed by atoms with Crippen molar-refractivity contribution in [3.63, 3.8) is 0 Å². The third-order valence-electron chi connectivity index (χ3n) is 28.6. The standard InChI is InChI=1S/C117H82N2O12/c1-55(2)75-11-9-12-76(56(3)4)111(75)118-114(124)93-53-97(129-73-31-23-69(122)24-32-73)107-85-41-37-81-89-49-65-45-61-17-15-59-43-63-47-87-79-35-39-83-101-84(106-96(128-72-29-21-68(121)22-30-72)52-92-103-91(51-95(105(83)109(103)106)127-71-27-19-67(120)20-28-71)113-117(131-113)119(116(92)126)112-77(57(5)6)13-10-14-78(112)58(7)8)40-36-80(99(79)101)88(87)48-64(63)44-60(59)16-18-62(61)46-66(65)50-90(89)82-38-42-86(102(85)100(81)82)108-98(130-74-33-25-70(123)26-34-74)54-94(115(118)125)104(93)110(107)108/h9-36,38-58,81,113,117,120-123H,37H2,1-8H3/t81-,113?,117?/m1/s1. The zero-order chi connectivity index (χ0) is 88.6. The number of nitrogens with zero attached hydrogens (tertiary/aromatic N) is 2. The first-order chi connectivity index (χ1) is 63.6. The summed E-state index contributed by atoms with van der Waals surface area (Å²) in [4.78, 5) is 51.6. The van der Waals surface area contributed by atoms with Crippen molar-refractivity contribution in [2.45, 2.75) is 104 Å². The van der Waals surface area contributed by atoms with Crippen molar-refractivity contribution in [3.8, 4) is 102 Å². The number of para-hydroxylation sites is 2. The summed E-state index contributed by atoms with van der Waals surface area (Å²) in [6.45, 7) is 17.0. The minimum Gasteiger partial charge on any atom is -0.508 e. The Morgan fingerprint density at radius 1 is 0.321 bits per heavy atom. The number of benzene rings is 19. The van der Waals surface area contributed by atoms with Gasteiger partial charge in [0.15, 0.2) is 6.23 Å². The van der Waals surface area contributed by atoms with Crippen molar-refractivity contribution >= 4 is 156 Å². The average Bonchev–Trinajstić information content (AvgIpc) is 1.45. The molecule has 4 aliphatic carbocycles. The van der Waals surface area contributed by atoms with Gasteiger partial charge in [-0.2, -0.15) is 0 Å². The lowest BCUT2D eigenvalue weighted by Gasteiger charge is -2.33. The molecule has 7 aliphatic rings. The number of amides is 3. The van der Waals surface area contributed by atoms with E-state index in [4.69, 9.17) is 23.7 Å². The molecule has 1 saturated heterocycles. The van der Waals surface area contributed by atoms with Gasteiger partial charge in [0.1, 0.15) is 75.1 Å². The van der Waals surface area contributed by atoms with Gasteiger partial charge in [-0.3, -0.25) is 19.3 Å². The number of rotatable bonds is 14. The zero-order valence-corrected chi connectivity index (χ0v) is 72.7. The van der Waals surface area contributed by atoms with E-state index in [0.29, 0.717) is 91.0 Å². The zero-order valence-electron chi connectivity index (χ0n) is 72.7. The van der Waals surface area contributed by atoms with Crippen LogP contribution in [0.3, 0.4) is 0 Å². The molecule has 3 amide bonds. The van der Waals surface area contributed by atoms with Gasteiger partial charge in [0.25, 0.3) is 17.7 Å². The Balaban J connectivity index is 0.606. The molecule has 1 fully saturated rings. The highest BCUT2D eigenvalue weighted by Crippen LogP contribution is 2.63. The molecule has 0 radical (unpaired) electrons. The lowest BCUT2D eigenvalue weighted by molar-refractivity contribution is 0.0890. The summed E-state index contributed by atoms with van der Waals surface area (Å²) in [6.07, 6.45) is 10.8. The van der Waals surface area contributed by atoms with E-state index in [0.717, 1.165) is 175 Å². The van der Waals surface area contributed by atoms with Crippen molar-refractivity contribution in [2.75, 3.05) is 9.80 Å². The highest BCUT2D eigenvalue weighted by atomic mass is 16.6. The van der Waals surface area contributed by atoms with Crippen LogP contribution in [0.2, 0.25) is 0 Å². The van der Waals surface area contributed by atoms with Gasteiger partial charge in [0, 0.05) is 49.0 Å². The highest BCUT2D eigenvalue weighted by molar-refractivity contribution is 6.43. The smallest absolute Gasteiger partial charge is 0.266 e. The number of imide groups is 1. The number of ether oxygens (including phenoxy) is 5. The Kier molecular flexibility index (Phi) is 16.1. The molecule has 0 saturated carbocycles. The SMILES string of the molecule is CC(C)c1cccc(C(C)C)c1N1C(=O)c2cc(Oc3ccc(O)cc3)c3c4c5c6c(ccc5c5c(Oc7ccc(O)cc7)cc(c2c35)C1=O)-c1cc2cc3c(cc2cc1[C@H]6CC=4)C=Cc1cc2cc4c(cc2cc1C=C3)-c1ccc2c3c(Oc5ccc(O)cc5)cc5c6c(cc(Oc7ccc(O)cc7)c(c7ccc-4c1c27)c63)C1OC1N(c1c(C(C)C)cccc1C(C)C)C5=O. The third kappa shape index (κ3) is 11.1. The fraction of sp³-hybridized carbons (Fsp3) is 0.137. The van der Waals surface area contributed by atoms with E-state index in [2.05, 4.69) is 195 Å². The van der Waals surface area contributed by atoms with Crippen LogP contribution in [0.15, 0.2) is 243 Å². The van der Waals surface area contributed by atoms with Gasteiger partial charge in [-0.25, -0.2) is 4.90 Å². The van der Waals surface area contributed by atoms with Gasteiger partial charge in [-0.1, -0.05) is 159 Å². The van der Waals surface area contributed by atoms with Gasteiger partial charge >= 0.3 is 0 Å². The number of carbonyl (C=O) groups excluding carboxylic acids is 3. The van der Waals surface area contributed by atoms with E-state index < -0.39 is 24.1 Å². The minimum atomic E-state index is -0.618. The van der Waals surface area contributed by atoms with Crippen LogP contribution < -0.4 is 34.0 Å². The second kappa shape index (κ2) is 27.6.